The van der Waals surface area contributed by atoms with Crippen LogP contribution >= 0.6 is 0 Å². The van der Waals surface area contributed by atoms with Crippen molar-refractivity contribution in [2.45, 2.75) is 33.0 Å². The zero-order valence-corrected chi connectivity index (χ0v) is 11.5. The Kier molecular flexibility index (Phi) is 4.69. The summed E-state index contributed by atoms with van der Waals surface area (Å²) in [6.45, 7) is 10.6. The van der Waals surface area contributed by atoms with Crippen LogP contribution in [-0.4, -0.2) is 47.0 Å². The number of rotatable bonds is 4. The number of nitrogens with two attached hydrogens (primary N) is 1. The monoisotopic (exact) mass is 248 g/mol. The fourth-order valence-electron chi connectivity index (χ4n) is 2.48. The molecule has 1 fully saturated rings. The summed E-state index contributed by atoms with van der Waals surface area (Å²) in [7, 11) is 0. The Morgan fingerprint density at radius 3 is 2.61 bits per heavy atom. The second-order valence-electron chi connectivity index (χ2n) is 5.22. The number of hydrogen-bond donors (Lipinski definition) is 1. The first-order valence-electron chi connectivity index (χ1n) is 6.80. The van der Waals surface area contributed by atoms with E-state index in [1.165, 1.54) is 5.56 Å². The van der Waals surface area contributed by atoms with E-state index in [0.29, 0.717) is 12.6 Å². The Balaban J connectivity index is 1.91. The molecule has 18 heavy (non-hydrogen) atoms. The maximum absolute atomic E-state index is 5.73. The Bertz CT molecular complexity index is 370. The Hall–Kier alpha value is -0.970. The van der Waals surface area contributed by atoms with E-state index in [1.807, 2.05) is 12.3 Å². The lowest BCUT2D eigenvalue weighted by molar-refractivity contribution is 0.104. The van der Waals surface area contributed by atoms with Crippen LogP contribution in [0.25, 0.3) is 0 Å². The molecule has 0 unspecified atom stereocenters. The molecule has 2 heterocycles. The molecule has 0 amide bonds. The number of nitrogens with zero attached hydrogens (tertiary/aromatic N) is 3. The van der Waals surface area contributed by atoms with Gasteiger partial charge >= 0.3 is 0 Å². The zero-order valence-electron chi connectivity index (χ0n) is 11.5. The van der Waals surface area contributed by atoms with Gasteiger partial charge in [0.05, 0.1) is 5.69 Å². The van der Waals surface area contributed by atoms with Crippen molar-refractivity contribution in [2.24, 2.45) is 5.73 Å². The smallest absolute Gasteiger partial charge is 0.0584 e. The van der Waals surface area contributed by atoms with E-state index in [9.17, 15) is 0 Å². The van der Waals surface area contributed by atoms with Crippen molar-refractivity contribution in [1.29, 1.82) is 0 Å². The molecule has 1 aliphatic heterocycles. The molecule has 2 rings (SSSR count). The molecule has 1 saturated heterocycles. The van der Waals surface area contributed by atoms with Crippen molar-refractivity contribution in [1.82, 2.24) is 14.8 Å². The van der Waals surface area contributed by atoms with E-state index in [4.69, 9.17) is 5.73 Å². The van der Waals surface area contributed by atoms with Crippen LogP contribution in [0.1, 0.15) is 25.1 Å². The van der Waals surface area contributed by atoms with Gasteiger partial charge in [-0.3, -0.25) is 14.8 Å². The van der Waals surface area contributed by atoms with Crippen LogP contribution in [0, 0.1) is 0 Å². The molecule has 1 aromatic rings. The van der Waals surface area contributed by atoms with Gasteiger partial charge in [-0.1, -0.05) is 6.07 Å². The van der Waals surface area contributed by atoms with Crippen molar-refractivity contribution < 1.29 is 0 Å². The predicted molar refractivity (Wildman–Crippen MR) is 74.1 cm³/mol. The first kappa shape index (κ1) is 13.5. The van der Waals surface area contributed by atoms with Crippen molar-refractivity contribution in [3.05, 3.63) is 29.6 Å². The Morgan fingerprint density at radius 1 is 1.28 bits per heavy atom. The summed E-state index contributed by atoms with van der Waals surface area (Å²) >= 11 is 0. The van der Waals surface area contributed by atoms with Crippen LogP contribution in [0.5, 0.6) is 0 Å². The summed E-state index contributed by atoms with van der Waals surface area (Å²) in [5.74, 6) is 0. The Labute approximate surface area is 110 Å². The van der Waals surface area contributed by atoms with E-state index in [-0.39, 0.29) is 0 Å². The molecule has 4 nitrogen and oxygen atoms in total. The van der Waals surface area contributed by atoms with Gasteiger partial charge in [0, 0.05) is 51.5 Å². The molecule has 0 aromatic carbocycles. The summed E-state index contributed by atoms with van der Waals surface area (Å²) in [4.78, 5) is 9.37. The van der Waals surface area contributed by atoms with Gasteiger partial charge in [0.2, 0.25) is 0 Å². The molecule has 0 radical (unpaired) electrons. The first-order valence-corrected chi connectivity index (χ1v) is 6.80. The van der Waals surface area contributed by atoms with E-state index < -0.39 is 0 Å². The van der Waals surface area contributed by atoms with Crippen molar-refractivity contribution in [2.75, 3.05) is 26.2 Å². The lowest BCUT2D eigenvalue weighted by Crippen LogP contribution is -2.48. The molecule has 0 atom stereocenters. The normalized spacial score (nSPS) is 18.4. The molecule has 0 bridgehead atoms. The standard InChI is InChI=1S/C14H24N4/c1-12(2)18-8-6-17(7-9-18)11-13-4-3-5-16-14(13)10-15/h3-5,12H,6-11,15H2,1-2H3. The van der Waals surface area contributed by atoms with Crippen LogP contribution in [0.3, 0.4) is 0 Å². The van der Waals surface area contributed by atoms with Gasteiger partial charge in [-0.05, 0) is 25.5 Å². The van der Waals surface area contributed by atoms with Gasteiger partial charge < -0.3 is 5.73 Å². The van der Waals surface area contributed by atoms with Crippen LogP contribution < -0.4 is 5.73 Å². The first-order chi connectivity index (χ1) is 8.70. The summed E-state index contributed by atoms with van der Waals surface area (Å²) in [5, 5.41) is 0. The van der Waals surface area contributed by atoms with Gasteiger partial charge in [0.25, 0.3) is 0 Å². The van der Waals surface area contributed by atoms with Crippen LogP contribution in [0.4, 0.5) is 0 Å². The van der Waals surface area contributed by atoms with Crippen LogP contribution in [0.2, 0.25) is 0 Å². The number of piperazine rings is 1. The minimum absolute atomic E-state index is 0.530. The highest BCUT2D eigenvalue weighted by Crippen LogP contribution is 2.12. The van der Waals surface area contributed by atoms with Gasteiger partial charge in [-0.15, -0.1) is 0 Å². The molecule has 0 aliphatic carbocycles. The summed E-state index contributed by atoms with van der Waals surface area (Å²) in [5.41, 5.74) is 8.04. The third kappa shape index (κ3) is 3.28. The topological polar surface area (TPSA) is 45.4 Å². The zero-order chi connectivity index (χ0) is 13.0. The summed E-state index contributed by atoms with van der Waals surface area (Å²) < 4.78 is 0. The van der Waals surface area contributed by atoms with Crippen LogP contribution in [0.15, 0.2) is 18.3 Å². The second kappa shape index (κ2) is 6.27. The molecular formula is C14H24N4. The number of pyridine rings is 1. The quantitative estimate of drug-likeness (QED) is 0.865. The van der Waals surface area contributed by atoms with Crippen molar-refractivity contribution in [3.63, 3.8) is 0 Å². The Morgan fingerprint density at radius 2 is 2.00 bits per heavy atom. The van der Waals surface area contributed by atoms with Gasteiger partial charge in [-0.25, -0.2) is 0 Å². The third-order valence-corrected chi connectivity index (χ3v) is 3.71. The predicted octanol–water partition coefficient (Wildman–Crippen LogP) is 1.07. The minimum Gasteiger partial charge on any atom is -0.325 e. The maximum atomic E-state index is 5.73. The molecule has 1 aliphatic rings. The van der Waals surface area contributed by atoms with E-state index in [2.05, 4.69) is 34.7 Å². The van der Waals surface area contributed by atoms with Crippen LogP contribution in [-0.2, 0) is 13.1 Å². The van der Waals surface area contributed by atoms with E-state index in [1.54, 1.807) is 0 Å². The fourth-order valence-corrected chi connectivity index (χ4v) is 2.48. The van der Waals surface area contributed by atoms with Crippen molar-refractivity contribution in [3.8, 4) is 0 Å². The highest BCUT2D eigenvalue weighted by molar-refractivity contribution is 5.19. The number of hydrogen-bond acceptors (Lipinski definition) is 4. The third-order valence-electron chi connectivity index (χ3n) is 3.71. The highest BCUT2D eigenvalue weighted by Gasteiger charge is 2.19. The van der Waals surface area contributed by atoms with E-state index in [0.717, 1.165) is 38.4 Å². The molecule has 2 N–H and O–H groups in total. The number of aromatic nitrogens is 1. The lowest BCUT2D eigenvalue weighted by atomic mass is 10.1. The maximum Gasteiger partial charge on any atom is 0.0584 e. The summed E-state index contributed by atoms with van der Waals surface area (Å²) in [6.07, 6.45) is 1.82. The molecular weight excluding hydrogens is 224 g/mol. The van der Waals surface area contributed by atoms with Gasteiger partial charge in [-0.2, -0.15) is 0 Å². The SMILES string of the molecule is CC(C)N1CCN(Cc2cccnc2CN)CC1. The van der Waals surface area contributed by atoms with Crippen molar-refractivity contribution >= 4 is 0 Å². The molecule has 4 heteroatoms. The molecule has 0 spiro atoms. The van der Waals surface area contributed by atoms with E-state index >= 15 is 0 Å². The largest absolute Gasteiger partial charge is 0.325 e. The highest BCUT2D eigenvalue weighted by atomic mass is 15.3. The van der Waals surface area contributed by atoms with Gasteiger partial charge in [0.15, 0.2) is 0 Å². The minimum atomic E-state index is 0.530. The average molecular weight is 248 g/mol. The second-order valence-corrected chi connectivity index (χ2v) is 5.22. The molecule has 0 saturated carbocycles. The summed E-state index contributed by atoms with van der Waals surface area (Å²) in [6, 6.07) is 4.80. The van der Waals surface area contributed by atoms with Gasteiger partial charge in [0.1, 0.15) is 0 Å². The molecule has 100 valence electrons. The average Bonchev–Trinajstić information content (AvgIpc) is 2.40. The fraction of sp³-hybridized carbons (Fsp3) is 0.643. The lowest BCUT2D eigenvalue weighted by Gasteiger charge is -2.37. The molecule has 1 aromatic heterocycles.